The third-order valence-electron chi connectivity index (χ3n) is 6.43. The molecule has 33 heavy (non-hydrogen) atoms. The molecule has 0 radical (unpaired) electrons. The van der Waals surface area contributed by atoms with Gasteiger partial charge in [-0.15, -0.1) is 0 Å². The Morgan fingerprint density at radius 1 is 0.939 bits per heavy atom. The van der Waals surface area contributed by atoms with Crippen molar-refractivity contribution in [3.05, 3.63) is 59.4 Å². The zero-order valence-electron chi connectivity index (χ0n) is 18.8. The van der Waals surface area contributed by atoms with E-state index in [9.17, 15) is 22.0 Å². The van der Waals surface area contributed by atoms with Crippen LogP contribution in [0.5, 0.6) is 11.5 Å². The third-order valence-corrected chi connectivity index (χ3v) is 6.43. The summed E-state index contributed by atoms with van der Waals surface area (Å²) in [7, 11) is 0. The van der Waals surface area contributed by atoms with Crippen LogP contribution in [0, 0.1) is 17.7 Å². The van der Waals surface area contributed by atoms with Crippen molar-refractivity contribution in [2.75, 3.05) is 0 Å². The van der Waals surface area contributed by atoms with Gasteiger partial charge in [0, 0.05) is 6.07 Å². The smallest absolute Gasteiger partial charge is 0.426 e. The maximum Gasteiger partial charge on any atom is 0.426 e. The van der Waals surface area contributed by atoms with Gasteiger partial charge in [-0.2, -0.15) is 17.6 Å². The maximum atomic E-state index is 14.5. The second kappa shape index (κ2) is 11.7. The molecule has 182 valence electrons. The first-order valence-corrected chi connectivity index (χ1v) is 11.7. The van der Waals surface area contributed by atoms with E-state index >= 15 is 0 Å². The molecule has 2 aromatic rings. The van der Waals surface area contributed by atoms with Gasteiger partial charge in [-0.1, -0.05) is 64.0 Å². The molecule has 0 aliphatic heterocycles. The lowest BCUT2D eigenvalue weighted by Crippen LogP contribution is -2.22. The highest BCUT2D eigenvalue weighted by molar-refractivity contribution is 5.34. The number of unbranched alkanes of at least 4 members (excludes halogenated alkanes) is 1. The molecule has 3 rings (SSSR count). The molecule has 1 fully saturated rings. The van der Waals surface area contributed by atoms with Crippen LogP contribution in [0.3, 0.4) is 0 Å². The Morgan fingerprint density at radius 3 is 2.15 bits per heavy atom. The van der Waals surface area contributed by atoms with Crippen molar-refractivity contribution >= 4 is 0 Å². The zero-order chi connectivity index (χ0) is 23.8. The quantitative estimate of drug-likeness (QED) is 0.307. The Balaban J connectivity index is 1.51. The van der Waals surface area contributed by atoms with Gasteiger partial charge in [0.1, 0.15) is 5.75 Å². The SMILES string of the molecule is CCCC[C@H]1CC[C@H](CCc2ccc(C(F)(F)Oc3ccc(OC(F)F)c(F)c3)cc2)CC1. The fourth-order valence-corrected chi connectivity index (χ4v) is 4.48. The standard InChI is InChI=1S/C26H31F5O2/c1-2-3-4-18-5-7-19(8-6-18)9-10-20-11-13-21(14-12-20)26(30,31)33-22-15-16-24(23(27)17-22)32-25(28)29/h11-19,25H,2-10H2,1H3/t18-,19-. The summed E-state index contributed by atoms with van der Waals surface area (Å²) in [6.07, 6.45) is 7.17. The van der Waals surface area contributed by atoms with Gasteiger partial charge in [0.05, 0.1) is 5.56 Å². The Hall–Kier alpha value is -2.31. The topological polar surface area (TPSA) is 18.5 Å². The lowest BCUT2D eigenvalue weighted by Gasteiger charge is -2.28. The van der Waals surface area contributed by atoms with Crippen LogP contribution in [0.25, 0.3) is 0 Å². The largest absolute Gasteiger partial charge is 0.432 e. The predicted molar refractivity (Wildman–Crippen MR) is 117 cm³/mol. The number of hydrogen-bond acceptors (Lipinski definition) is 2. The van der Waals surface area contributed by atoms with Crippen LogP contribution < -0.4 is 9.47 Å². The second-order valence-electron chi connectivity index (χ2n) is 8.85. The molecule has 0 spiro atoms. The van der Waals surface area contributed by atoms with Gasteiger partial charge in [0.15, 0.2) is 11.6 Å². The van der Waals surface area contributed by atoms with Gasteiger partial charge >= 0.3 is 12.7 Å². The fraction of sp³-hybridized carbons (Fsp3) is 0.538. The minimum absolute atomic E-state index is 0.365. The third kappa shape index (κ3) is 7.61. The molecule has 2 aromatic carbocycles. The van der Waals surface area contributed by atoms with Gasteiger partial charge in [0.2, 0.25) is 0 Å². The van der Waals surface area contributed by atoms with E-state index in [1.807, 2.05) is 0 Å². The summed E-state index contributed by atoms with van der Waals surface area (Å²) >= 11 is 0. The molecule has 0 atom stereocenters. The van der Waals surface area contributed by atoms with Gasteiger partial charge in [0.25, 0.3) is 0 Å². The summed E-state index contributed by atoms with van der Waals surface area (Å²) in [5.41, 5.74) is 0.623. The van der Waals surface area contributed by atoms with Crippen molar-refractivity contribution in [3.63, 3.8) is 0 Å². The molecule has 0 unspecified atom stereocenters. The molecule has 1 saturated carbocycles. The summed E-state index contributed by atoms with van der Waals surface area (Å²) < 4.78 is 75.8. The lowest BCUT2D eigenvalue weighted by atomic mass is 9.78. The molecule has 1 aliphatic carbocycles. The first-order valence-electron chi connectivity index (χ1n) is 11.7. The highest BCUT2D eigenvalue weighted by Crippen LogP contribution is 2.36. The summed E-state index contributed by atoms with van der Waals surface area (Å²) in [6, 6.07) is 8.33. The van der Waals surface area contributed by atoms with Gasteiger partial charge < -0.3 is 9.47 Å². The normalized spacial score (nSPS) is 19.0. The van der Waals surface area contributed by atoms with Crippen LogP contribution in [-0.4, -0.2) is 6.61 Å². The first-order chi connectivity index (χ1) is 15.8. The summed E-state index contributed by atoms with van der Waals surface area (Å²) in [5.74, 6) is -0.876. The van der Waals surface area contributed by atoms with Crippen LogP contribution in [-0.2, 0) is 12.5 Å². The summed E-state index contributed by atoms with van der Waals surface area (Å²) in [4.78, 5) is 0. The van der Waals surface area contributed by atoms with Crippen LogP contribution in [0.4, 0.5) is 22.0 Å². The van der Waals surface area contributed by atoms with Crippen molar-refractivity contribution in [1.82, 2.24) is 0 Å². The minimum Gasteiger partial charge on any atom is -0.432 e. The van der Waals surface area contributed by atoms with Crippen molar-refractivity contribution < 1.29 is 31.4 Å². The van der Waals surface area contributed by atoms with Gasteiger partial charge in [-0.05, 0) is 54.5 Å². The second-order valence-corrected chi connectivity index (χ2v) is 8.85. The number of hydrogen-bond donors (Lipinski definition) is 0. The van der Waals surface area contributed by atoms with E-state index < -0.39 is 30.0 Å². The van der Waals surface area contributed by atoms with Crippen molar-refractivity contribution in [2.45, 2.75) is 77.4 Å². The number of ether oxygens (including phenoxy) is 2. The molecule has 0 aromatic heterocycles. The predicted octanol–water partition coefficient (Wildman–Crippen LogP) is 8.48. The van der Waals surface area contributed by atoms with Crippen LogP contribution in [0.15, 0.2) is 42.5 Å². The molecule has 7 heteroatoms. The molecule has 0 bridgehead atoms. The number of aryl methyl sites for hydroxylation is 1. The summed E-state index contributed by atoms with van der Waals surface area (Å²) in [5, 5.41) is 0. The van der Waals surface area contributed by atoms with Crippen LogP contribution >= 0.6 is 0 Å². The fourth-order valence-electron chi connectivity index (χ4n) is 4.48. The Morgan fingerprint density at radius 2 is 1.58 bits per heavy atom. The van der Waals surface area contributed by atoms with Gasteiger partial charge in [-0.25, -0.2) is 4.39 Å². The number of alkyl halides is 4. The minimum atomic E-state index is -3.70. The van der Waals surface area contributed by atoms with Gasteiger partial charge in [-0.3, -0.25) is 0 Å². The molecule has 0 N–H and O–H groups in total. The lowest BCUT2D eigenvalue weighted by molar-refractivity contribution is -0.185. The Bertz CT molecular complexity index is 861. The number of rotatable bonds is 11. The van der Waals surface area contributed by atoms with E-state index in [1.165, 1.54) is 57.1 Å². The number of halogens is 5. The first kappa shape index (κ1) is 25.3. The molecule has 0 saturated heterocycles. The van der Waals surface area contributed by atoms with E-state index in [4.69, 9.17) is 0 Å². The average molecular weight is 471 g/mol. The Kier molecular flexibility index (Phi) is 8.98. The van der Waals surface area contributed by atoms with E-state index in [1.54, 1.807) is 12.1 Å². The van der Waals surface area contributed by atoms with E-state index in [-0.39, 0.29) is 5.56 Å². The van der Waals surface area contributed by atoms with Crippen LogP contribution in [0.2, 0.25) is 0 Å². The monoisotopic (exact) mass is 470 g/mol. The van der Waals surface area contributed by atoms with Crippen molar-refractivity contribution in [1.29, 1.82) is 0 Å². The van der Waals surface area contributed by atoms with E-state index in [0.717, 1.165) is 36.5 Å². The zero-order valence-corrected chi connectivity index (χ0v) is 18.8. The Labute approximate surface area is 192 Å². The van der Waals surface area contributed by atoms with Crippen LogP contribution in [0.1, 0.15) is 69.4 Å². The molecule has 1 aliphatic rings. The van der Waals surface area contributed by atoms with E-state index in [0.29, 0.717) is 12.0 Å². The van der Waals surface area contributed by atoms with Crippen molar-refractivity contribution in [2.24, 2.45) is 11.8 Å². The molecular weight excluding hydrogens is 439 g/mol. The molecular formula is C26H31F5O2. The molecule has 0 amide bonds. The molecule has 2 nitrogen and oxygen atoms in total. The highest BCUT2D eigenvalue weighted by atomic mass is 19.3. The van der Waals surface area contributed by atoms with E-state index in [2.05, 4.69) is 16.4 Å². The van der Waals surface area contributed by atoms with Crippen molar-refractivity contribution in [3.8, 4) is 11.5 Å². The molecule has 0 heterocycles. The maximum absolute atomic E-state index is 14.5. The number of benzene rings is 2. The summed E-state index contributed by atoms with van der Waals surface area (Å²) in [6.45, 7) is -0.989. The average Bonchev–Trinajstić information content (AvgIpc) is 2.78. The highest BCUT2D eigenvalue weighted by Gasteiger charge is 2.34.